The highest BCUT2D eigenvalue weighted by molar-refractivity contribution is 5.92. The summed E-state index contributed by atoms with van der Waals surface area (Å²) >= 11 is 0. The molecule has 0 aliphatic carbocycles. The summed E-state index contributed by atoms with van der Waals surface area (Å²) in [6.07, 6.45) is -1.70. The van der Waals surface area contributed by atoms with E-state index < -0.39 is 18.0 Å². The van der Waals surface area contributed by atoms with Crippen LogP contribution in [0, 0.1) is 34.5 Å². The Morgan fingerprint density at radius 3 is 2.31 bits per heavy atom. The first-order chi connectivity index (χ1) is 12.4. The van der Waals surface area contributed by atoms with Crippen LogP contribution in [0.3, 0.4) is 0 Å². The summed E-state index contributed by atoms with van der Waals surface area (Å²) in [6, 6.07) is 7.04. The molecule has 2 aromatic rings. The van der Waals surface area contributed by atoms with Gasteiger partial charge < -0.3 is 4.90 Å². The van der Waals surface area contributed by atoms with Crippen LogP contribution in [0.15, 0.2) is 24.5 Å². The first-order valence-electron chi connectivity index (χ1n) is 8.29. The fraction of sp³-hybridized carbons (Fsp3) is 0.444. The van der Waals surface area contributed by atoms with Crippen LogP contribution in [0.1, 0.15) is 25.8 Å². The number of aromatic nitrogens is 2. The van der Waals surface area contributed by atoms with Crippen LogP contribution >= 0.6 is 0 Å². The van der Waals surface area contributed by atoms with E-state index in [1.165, 1.54) is 23.4 Å². The zero-order valence-electron chi connectivity index (χ0n) is 14.5. The lowest BCUT2D eigenvalue weighted by Crippen LogP contribution is -2.45. The second-order valence-corrected chi connectivity index (χ2v) is 5.70. The van der Waals surface area contributed by atoms with Gasteiger partial charge in [0, 0.05) is 25.5 Å². The minimum atomic E-state index is -4.36. The number of fused-ring (bicyclic) bond motifs is 1. The SMILES string of the molecule is CC.N#Cc1ccc(N2C[C@H](C#N)C[C@H](C(F)(F)F)C2)c2nccnc12. The van der Waals surface area contributed by atoms with E-state index in [0.29, 0.717) is 22.3 Å². The number of anilines is 1. The van der Waals surface area contributed by atoms with Gasteiger partial charge in [-0.1, -0.05) is 13.8 Å². The van der Waals surface area contributed by atoms with Gasteiger partial charge >= 0.3 is 6.18 Å². The molecule has 0 unspecified atom stereocenters. The van der Waals surface area contributed by atoms with Gasteiger partial charge in [-0.05, 0) is 18.6 Å². The number of alkyl halides is 3. The van der Waals surface area contributed by atoms with Gasteiger partial charge in [-0.15, -0.1) is 0 Å². The molecule has 0 radical (unpaired) electrons. The quantitative estimate of drug-likeness (QED) is 0.766. The second-order valence-electron chi connectivity index (χ2n) is 5.70. The number of rotatable bonds is 1. The third kappa shape index (κ3) is 3.85. The zero-order chi connectivity index (χ0) is 19.3. The van der Waals surface area contributed by atoms with E-state index in [4.69, 9.17) is 10.5 Å². The number of hydrogen-bond acceptors (Lipinski definition) is 5. The second kappa shape index (κ2) is 8.01. The van der Waals surface area contributed by atoms with Crippen LogP contribution in [0.4, 0.5) is 18.9 Å². The van der Waals surface area contributed by atoms with Crippen molar-refractivity contribution >= 4 is 16.7 Å². The lowest BCUT2D eigenvalue weighted by atomic mass is 9.89. The van der Waals surface area contributed by atoms with Crippen molar-refractivity contribution in [3.8, 4) is 12.1 Å². The van der Waals surface area contributed by atoms with Gasteiger partial charge in [-0.3, -0.25) is 9.97 Å². The molecule has 136 valence electrons. The highest BCUT2D eigenvalue weighted by atomic mass is 19.4. The van der Waals surface area contributed by atoms with Gasteiger partial charge in [0.2, 0.25) is 0 Å². The Kier molecular flexibility index (Phi) is 5.99. The lowest BCUT2D eigenvalue weighted by molar-refractivity contribution is -0.177. The van der Waals surface area contributed by atoms with Crippen molar-refractivity contribution < 1.29 is 13.2 Å². The number of nitriles is 2. The van der Waals surface area contributed by atoms with Crippen molar-refractivity contribution in [1.29, 1.82) is 10.5 Å². The predicted octanol–water partition coefficient (Wildman–Crippen LogP) is 4.06. The van der Waals surface area contributed by atoms with Gasteiger partial charge in [0.1, 0.15) is 17.1 Å². The summed E-state index contributed by atoms with van der Waals surface area (Å²) in [5, 5.41) is 18.3. The van der Waals surface area contributed by atoms with Gasteiger partial charge in [0.15, 0.2) is 0 Å². The molecule has 0 amide bonds. The maximum Gasteiger partial charge on any atom is 0.393 e. The van der Waals surface area contributed by atoms with Crippen LogP contribution in [-0.2, 0) is 0 Å². The maximum absolute atomic E-state index is 13.2. The van der Waals surface area contributed by atoms with Gasteiger partial charge in [-0.25, -0.2) is 0 Å². The van der Waals surface area contributed by atoms with Crippen LogP contribution in [0.25, 0.3) is 11.0 Å². The molecule has 3 rings (SSSR count). The number of halogens is 3. The zero-order valence-corrected chi connectivity index (χ0v) is 14.5. The fourth-order valence-corrected chi connectivity index (χ4v) is 3.01. The molecule has 8 heteroatoms. The molecule has 1 saturated heterocycles. The van der Waals surface area contributed by atoms with Crippen LogP contribution in [0.2, 0.25) is 0 Å². The van der Waals surface area contributed by atoms with E-state index in [2.05, 4.69) is 9.97 Å². The molecule has 26 heavy (non-hydrogen) atoms. The summed E-state index contributed by atoms with van der Waals surface area (Å²) in [6.45, 7) is 3.96. The molecule has 5 nitrogen and oxygen atoms in total. The fourth-order valence-electron chi connectivity index (χ4n) is 3.01. The number of nitrogens with zero attached hydrogens (tertiary/aromatic N) is 5. The molecule has 1 aliphatic heterocycles. The van der Waals surface area contributed by atoms with Gasteiger partial charge in [0.05, 0.1) is 29.2 Å². The standard InChI is InChI=1S/C16H12F3N5.C2H6/c17-16(18,19)12-5-10(6-20)8-24(9-12)13-2-1-11(7-21)14-15(13)23-4-3-22-14;1-2/h1-4,10,12H,5,8-9H2;1-2H3/t10-,12-;/m0./s1. The lowest BCUT2D eigenvalue weighted by Gasteiger charge is -2.37. The molecular formula is C18H18F3N5. The average molecular weight is 361 g/mol. The van der Waals surface area contributed by atoms with E-state index in [9.17, 15) is 13.2 Å². The minimum absolute atomic E-state index is 0.195. The summed E-state index contributed by atoms with van der Waals surface area (Å²) in [7, 11) is 0. The molecular weight excluding hydrogens is 343 g/mol. The molecule has 0 N–H and O–H groups in total. The monoisotopic (exact) mass is 361 g/mol. The number of benzene rings is 1. The Hall–Kier alpha value is -2.87. The maximum atomic E-state index is 13.2. The van der Waals surface area contributed by atoms with E-state index in [-0.39, 0.29) is 19.5 Å². The molecule has 0 spiro atoms. The highest BCUT2D eigenvalue weighted by Crippen LogP contribution is 2.38. The van der Waals surface area contributed by atoms with Crippen molar-refractivity contribution in [2.24, 2.45) is 11.8 Å². The Labute approximate surface area is 149 Å². The number of hydrogen-bond donors (Lipinski definition) is 0. The van der Waals surface area contributed by atoms with E-state index >= 15 is 0 Å². The Morgan fingerprint density at radius 1 is 1.08 bits per heavy atom. The number of piperidine rings is 1. The third-order valence-corrected chi connectivity index (χ3v) is 4.16. The molecule has 0 bridgehead atoms. The van der Waals surface area contributed by atoms with Crippen molar-refractivity contribution in [2.45, 2.75) is 26.4 Å². The van der Waals surface area contributed by atoms with Gasteiger partial charge in [0.25, 0.3) is 0 Å². The minimum Gasteiger partial charge on any atom is -0.368 e. The van der Waals surface area contributed by atoms with Gasteiger partial charge in [-0.2, -0.15) is 23.7 Å². The van der Waals surface area contributed by atoms with Crippen LogP contribution < -0.4 is 4.90 Å². The van der Waals surface area contributed by atoms with Crippen molar-refractivity contribution in [2.75, 3.05) is 18.0 Å². The average Bonchev–Trinajstić information content (AvgIpc) is 2.67. The summed E-state index contributed by atoms with van der Waals surface area (Å²) in [4.78, 5) is 9.82. The van der Waals surface area contributed by atoms with Crippen molar-refractivity contribution in [3.63, 3.8) is 0 Å². The largest absolute Gasteiger partial charge is 0.393 e. The van der Waals surface area contributed by atoms with Crippen LogP contribution in [0.5, 0.6) is 0 Å². The Bertz CT molecular complexity index is 850. The molecule has 0 saturated carbocycles. The molecule has 1 aliphatic rings. The van der Waals surface area contributed by atoms with E-state index in [1.54, 1.807) is 6.07 Å². The molecule has 1 aromatic heterocycles. The van der Waals surface area contributed by atoms with Crippen molar-refractivity contribution in [3.05, 3.63) is 30.1 Å². The van der Waals surface area contributed by atoms with Crippen LogP contribution in [-0.4, -0.2) is 29.2 Å². The van der Waals surface area contributed by atoms with E-state index in [0.717, 1.165) is 0 Å². The Balaban J connectivity index is 0.00000117. The normalized spacial score (nSPS) is 19.9. The smallest absolute Gasteiger partial charge is 0.368 e. The molecule has 2 heterocycles. The predicted molar refractivity (Wildman–Crippen MR) is 91.1 cm³/mol. The molecule has 2 atom stereocenters. The first kappa shape index (κ1) is 19.5. The summed E-state index contributed by atoms with van der Waals surface area (Å²) in [5.41, 5.74) is 1.49. The topological polar surface area (TPSA) is 76.6 Å². The molecule has 1 fully saturated rings. The first-order valence-corrected chi connectivity index (χ1v) is 8.29. The Morgan fingerprint density at radius 2 is 1.73 bits per heavy atom. The van der Waals surface area contributed by atoms with E-state index in [1.807, 2.05) is 26.0 Å². The molecule has 1 aromatic carbocycles. The van der Waals surface area contributed by atoms with Crippen molar-refractivity contribution in [1.82, 2.24) is 9.97 Å². The summed E-state index contributed by atoms with van der Waals surface area (Å²) < 4.78 is 39.5. The third-order valence-electron chi connectivity index (χ3n) is 4.16. The summed E-state index contributed by atoms with van der Waals surface area (Å²) in [5.74, 6) is -2.29. The highest BCUT2D eigenvalue weighted by Gasteiger charge is 2.45.